The molecule has 88 valence electrons. The van der Waals surface area contributed by atoms with Gasteiger partial charge < -0.3 is 15.2 Å². The minimum absolute atomic E-state index is 0.0493. The van der Waals surface area contributed by atoms with E-state index in [1.54, 1.807) is 0 Å². The standard InChI is InChI=1S/C11H21NO3/c1-8(2)15-11(14)5-9-3-4-12-6-10(9)7-13/h8-10,12-13H,3-7H2,1-2H3/t9-,10?/m0/s1. The third-order valence-corrected chi connectivity index (χ3v) is 2.80. The summed E-state index contributed by atoms with van der Waals surface area (Å²) in [6, 6.07) is 0. The van der Waals surface area contributed by atoms with Gasteiger partial charge in [0.2, 0.25) is 0 Å². The molecule has 0 aromatic carbocycles. The van der Waals surface area contributed by atoms with Crippen LogP contribution >= 0.6 is 0 Å². The van der Waals surface area contributed by atoms with Gasteiger partial charge in [-0.05, 0) is 38.6 Å². The third-order valence-electron chi connectivity index (χ3n) is 2.80. The summed E-state index contributed by atoms with van der Waals surface area (Å²) in [7, 11) is 0. The zero-order valence-corrected chi connectivity index (χ0v) is 9.53. The van der Waals surface area contributed by atoms with Crippen LogP contribution in [-0.2, 0) is 9.53 Å². The van der Waals surface area contributed by atoms with E-state index in [1.165, 1.54) is 0 Å². The first-order chi connectivity index (χ1) is 7.13. The second kappa shape index (κ2) is 6.08. The maximum absolute atomic E-state index is 11.5. The Balaban J connectivity index is 2.37. The quantitative estimate of drug-likeness (QED) is 0.672. The molecule has 1 aliphatic heterocycles. The Hall–Kier alpha value is -0.610. The molecule has 0 aromatic rings. The number of piperidine rings is 1. The van der Waals surface area contributed by atoms with E-state index in [-0.39, 0.29) is 30.5 Å². The molecule has 0 spiro atoms. The molecule has 0 saturated carbocycles. The van der Waals surface area contributed by atoms with Crippen molar-refractivity contribution in [3.8, 4) is 0 Å². The number of hydrogen-bond acceptors (Lipinski definition) is 4. The van der Waals surface area contributed by atoms with Crippen LogP contribution in [0.25, 0.3) is 0 Å². The number of rotatable bonds is 4. The largest absolute Gasteiger partial charge is 0.463 e. The minimum atomic E-state index is -0.143. The molecule has 4 heteroatoms. The Morgan fingerprint density at radius 3 is 2.87 bits per heavy atom. The molecule has 2 N–H and O–H groups in total. The monoisotopic (exact) mass is 215 g/mol. The highest BCUT2D eigenvalue weighted by Gasteiger charge is 2.27. The number of nitrogens with one attached hydrogen (secondary N) is 1. The van der Waals surface area contributed by atoms with E-state index in [4.69, 9.17) is 9.84 Å². The summed E-state index contributed by atoms with van der Waals surface area (Å²) >= 11 is 0. The zero-order chi connectivity index (χ0) is 11.3. The highest BCUT2D eigenvalue weighted by Crippen LogP contribution is 2.22. The fourth-order valence-electron chi connectivity index (χ4n) is 1.98. The number of aliphatic hydroxyl groups is 1. The number of aliphatic hydroxyl groups excluding tert-OH is 1. The van der Waals surface area contributed by atoms with Gasteiger partial charge in [0.25, 0.3) is 0 Å². The van der Waals surface area contributed by atoms with Crippen molar-refractivity contribution >= 4 is 5.97 Å². The molecule has 15 heavy (non-hydrogen) atoms. The molecular formula is C11H21NO3. The van der Waals surface area contributed by atoms with Gasteiger partial charge in [-0.25, -0.2) is 0 Å². The molecule has 1 rings (SSSR count). The lowest BCUT2D eigenvalue weighted by molar-refractivity contribution is -0.149. The molecule has 0 aromatic heterocycles. The van der Waals surface area contributed by atoms with Crippen LogP contribution in [0.3, 0.4) is 0 Å². The van der Waals surface area contributed by atoms with E-state index in [9.17, 15) is 4.79 Å². The van der Waals surface area contributed by atoms with Gasteiger partial charge in [0.15, 0.2) is 0 Å². The van der Waals surface area contributed by atoms with Crippen LogP contribution in [-0.4, -0.2) is 36.9 Å². The zero-order valence-electron chi connectivity index (χ0n) is 9.53. The van der Waals surface area contributed by atoms with Crippen molar-refractivity contribution in [1.29, 1.82) is 0 Å². The molecule has 0 aliphatic carbocycles. The van der Waals surface area contributed by atoms with Gasteiger partial charge in [0, 0.05) is 19.6 Å². The van der Waals surface area contributed by atoms with Crippen LogP contribution in [0.15, 0.2) is 0 Å². The molecule has 0 amide bonds. The summed E-state index contributed by atoms with van der Waals surface area (Å²) < 4.78 is 5.10. The third kappa shape index (κ3) is 4.18. The Morgan fingerprint density at radius 1 is 1.53 bits per heavy atom. The van der Waals surface area contributed by atoms with Gasteiger partial charge in [-0.1, -0.05) is 0 Å². The molecule has 4 nitrogen and oxygen atoms in total. The Labute approximate surface area is 91.0 Å². The first-order valence-corrected chi connectivity index (χ1v) is 5.64. The van der Waals surface area contributed by atoms with Crippen molar-refractivity contribution in [2.24, 2.45) is 11.8 Å². The molecule has 0 bridgehead atoms. The van der Waals surface area contributed by atoms with Crippen molar-refractivity contribution in [1.82, 2.24) is 5.32 Å². The van der Waals surface area contributed by atoms with E-state index in [0.29, 0.717) is 6.42 Å². The first-order valence-electron chi connectivity index (χ1n) is 5.64. The average Bonchev–Trinajstić information content (AvgIpc) is 2.17. The molecule has 1 saturated heterocycles. The van der Waals surface area contributed by atoms with Crippen molar-refractivity contribution in [2.45, 2.75) is 32.8 Å². The van der Waals surface area contributed by atoms with Crippen molar-refractivity contribution in [3.05, 3.63) is 0 Å². The summed E-state index contributed by atoms with van der Waals surface area (Å²) in [6.45, 7) is 5.58. The maximum Gasteiger partial charge on any atom is 0.306 e. The van der Waals surface area contributed by atoms with Crippen LogP contribution in [0.5, 0.6) is 0 Å². The predicted octanol–water partition coefficient (Wildman–Crippen LogP) is 0.546. The fourth-order valence-corrected chi connectivity index (χ4v) is 1.98. The molecule has 2 atom stereocenters. The molecule has 1 heterocycles. The smallest absolute Gasteiger partial charge is 0.306 e. The fraction of sp³-hybridized carbons (Fsp3) is 0.909. The summed E-state index contributed by atoms with van der Waals surface area (Å²) in [5, 5.41) is 12.4. The van der Waals surface area contributed by atoms with Gasteiger partial charge in [-0.3, -0.25) is 4.79 Å². The van der Waals surface area contributed by atoms with E-state index < -0.39 is 0 Å². The van der Waals surface area contributed by atoms with Gasteiger partial charge >= 0.3 is 5.97 Å². The predicted molar refractivity (Wildman–Crippen MR) is 57.4 cm³/mol. The van der Waals surface area contributed by atoms with E-state index >= 15 is 0 Å². The number of carbonyl (C=O) groups is 1. The Morgan fingerprint density at radius 2 is 2.27 bits per heavy atom. The van der Waals surface area contributed by atoms with Crippen molar-refractivity contribution in [3.63, 3.8) is 0 Å². The highest BCUT2D eigenvalue weighted by molar-refractivity contribution is 5.69. The second-order valence-electron chi connectivity index (χ2n) is 4.44. The van der Waals surface area contributed by atoms with Crippen molar-refractivity contribution < 1.29 is 14.6 Å². The summed E-state index contributed by atoms with van der Waals surface area (Å²) in [6.07, 6.45) is 1.33. The Bertz CT molecular complexity index is 206. The Kier molecular flexibility index (Phi) is 5.05. The summed E-state index contributed by atoms with van der Waals surface area (Å²) in [5.74, 6) is 0.316. The number of ether oxygens (including phenoxy) is 1. The van der Waals surface area contributed by atoms with Gasteiger partial charge in [0.05, 0.1) is 6.10 Å². The summed E-state index contributed by atoms with van der Waals surface area (Å²) in [5.41, 5.74) is 0. The normalized spacial score (nSPS) is 26.7. The molecular weight excluding hydrogens is 194 g/mol. The average molecular weight is 215 g/mol. The maximum atomic E-state index is 11.5. The topological polar surface area (TPSA) is 58.6 Å². The lowest BCUT2D eigenvalue weighted by Crippen LogP contribution is -2.39. The lowest BCUT2D eigenvalue weighted by atomic mass is 9.84. The van der Waals surface area contributed by atoms with E-state index in [0.717, 1.165) is 19.5 Å². The SMILES string of the molecule is CC(C)OC(=O)C[C@@H]1CCNCC1CO. The highest BCUT2D eigenvalue weighted by atomic mass is 16.5. The van der Waals surface area contributed by atoms with Gasteiger partial charge in [-0.2, -0.15) is 0 Å². The first kappa shape index (κ1) is 12.5. The number of esters is 1. The number of carbonyl (C=O) groups excluding carboxylic acids is 1. The number of hydrogen-bond donors (Lipinski definition) is 2. The van der Waals surface area contributed by atoms with Crippen LogP contribution < -0.4 is 5.32 Å². The molecule has 1 fully saturated rings. The molecule has 1 aliphatic rings. The summed E-state index contributed by atoms with van der Waals surface area (Å²) in [4.78, 5) is 11.5. The van der Waals surface area contributed by atoms with Crippen LogP contribution in [0, 0.1) is 11.8 Å². The van der Waals surface area contributed by atoms with Crippen molar-refractivity contribution in [2.75, 3.05) is 19.7 Å². The molecule has 0 radical (unpaired) electrons. The second-order valence-corrected chi connectivity index (χ2v) is 4.44. The van der Waals surface area contributed by atoms with Crippen LogP contribution in [0.1, 0.15) is 26.7 Å². The van der Waals surface area contributed by atoms with E-state index in [1.807, 2.05) is 13.8 Å². The van der Waals surface area contributed by atoms with Crippen LogP contribution in [0.2, 0.25) is 0 Å². The van der Waals surface area contributed by atoms with Crippen LogP contribution in [0.4, 0.5) is 0 Å². The lowest BCUT2D eigenvalue weighted by Gasteiger charge is -2.30. The van der Waals surface area contributed by atoms with E-state index in [2.05, 4.69) is 5.32 Å². The van der Waals surface area contributed by atoms with Gasteiger partial charge in [-0.15, -0.1) is 0 Å². The van der Waals surface area contributed by atoms with Gasteiger partial charge in [0.1, 0.15) is 0 Å². The molecule has 1 unspecified atom stereocenters. The minimum Gasteiger partial charge on any atom is -0.463 e.